The summed E-state index contributed by atoms with van der Waals surface area (Å²) in [5, 5.41) is 6.28. The van der Waals surface area contributed by atoms with E-state index < -0.39 is 17.6 Å². The molecular formula is C30H30ClF2N5O5. The van der Waals surface area contributed by atoms with Crippen molar-refractivity contribution in [2.24, 2.45) is 17.8 Å². The fourth-order valence-corrected chi connectivity index (χ4v) is 6.25. The summed E-state index contributed by atoms with van der Waals surface area (Å²) in [4.78, 5) is 23.7. The number of halogens is 3. The van der Waals surface area contributed by atoms with Gasteiger partial charge in [0.15, 0.2) is 5.83 Å². The van der Waals surface area contributed by atoms with Gasteiger partial charge in [-0.3, -0.25) is 9.69 Å². The second kappa shape index (κ2) is 11.9. The maximum Gasteiger partial charge on any atom is 0.284 e. The predicted octanol–water partition coefficient (Wildman–Crippen LogP) is 4.33. The molecule has 10 nitrogen and oxygen atoms in total. The van der Waals surface area contributed by atoms with Crippen LogP contribution in [0.5, 0.6) is 5.75 Å². The van der Waals surface area contributed by atoms with Crippen molar-refractivity contribution in [2.45, 2.75) is 12.2 Å². The van der Waals surface area contributed by atoms with Crippen molar-refractivity contribution in [3.63, 3.8) is 0 Å². The van der Waals surface area contributed by atoms with Crippen molar-refractivity contribution in [3.05, 3.63) is 59.4 Å². The number of benzene rings is 2. The minimum absolute atomic E-state index is 0.0372. The van der Waals surface area contributed by atoms with E-state index in [1.165, 1.54) is 30.6 Å². The Bertz CT molecular complexity index is 1550. The van der Waals surface area contributed by atoms with E-state index >= 15 is 4.39 Å². The minimum Gasteiger partial charge on any atom is -0.491 e. The summed E-state index contributed by atoms with van der Waals surface area (Å²) in [7, 11) is 0. The van der Waals surface area contributed by atoms with Crippen LogP contribution in [0.25, 0.3) is 10.9 Å². The number of fused-ring (bicyclic) bond motifs is 3. The number of hydrogen-bond acceptors (Lipinski definition) is 9. The van der Waals surface area contributed by atoms with Crippen LogP contribution in [-0.2, 0) is 19.0 Å². The molecule has 13 heteroatoms. The molecule has 226 valence electrons. The first-order valence-corrected chi connectivity index (χ1v) is 14.6. The SMILES string of the molecule is O=C(Nc1cc2c(Nc3ccc(F)c(Cl)c3)ncnc2cc1OCC1C2COCC21)/C(F)=C\CN1C[C@@H]2OCCO[C@@H]2C1. The van der Waals surface area contributed by atoms with Gasteiger partial charge in [0.05, 0.1) is 61.5 Å². The van der Waals surface area contributed by atoms with E-state index in [-0.39, 0.29) is 29.5 Å². The monoisotopic (exact) mass is 613 g/mol. The second-order valence-electron chi connectivity index (χ2n) is 11.2. The van der Waals surface area contributed by atoms with Crippen LogP contribution in [0.2, 0.25) is 5.02 Å². The standard InChI is InChI=1S/C30H30ClF2N5O5/c31-21-7-16(1-2-22(21)32)36-29-17-8-25(26(9-24(17)34-15-35-29)43-14-20-18-12-40-13-19(18)20)37-30(39)23(33)3-4-38-10-27-28(11-38)42-6-5-41-27/h1-3,7-9,15,18-20,27-28H,4-6,10-14H2,(H,37,39)(H,34,35,36)/b23-3+/t18?,19?,20?,27-,28+. The summed E-state index contributed by atoms with van der Waals surface area (Å²) in [5.74, 6) is -0.284. The molecule has 3 saturated heterocycles. The smallest absolute Gasteiger partial charge is 0.284 e. The highest BCUT2D eigenvalue weighted by molar-refractivity contribution is 6.31. The third kappa shape index (κ3) is 6.02. The van der Waals surface area contributed by atoms with Gasteiger partial charge in [-0.15, -0.1) is 0 Å². The summed E-state index contributed by atoms with van der Waals surface area (Å²) >= 11 is 5.95. The van der Waals surface area contributed by atoms with Crippen molar-refractivity contribution >= 4 is 45.6 Å². The van der Waals surface area contributed by atoms with Crippen LogP contribution < -0.4 is 15.4 Å². The van der Waals surface area contributed by atoms with Crippen LogP contribution in [0.1, 0.15) is 0 Å². The first kappa shape index (κ1) is 28.4. The van der Waals surface area contributed by atoms with E-state index in [1.807, 2.05) is 4.90 Å². The molecule has 0 bridgehead atoms. The van der Waals surface area contributed by atoms with E-state index in [4.69, 9.17) is 30.5 Å². The zero-order chi connectivity index (χ0) is 29.5. The maximum atomic E-state index is 15.1. The Hall–Kier alpha value is -3.42. The third-order valence-corrected chi connectivity index (χ3v) is 8.80. The Morgan fingerprint density at radius 1 is 1.12 bits per heavy atom. The Labute approximate surface area is 251 Å². The maximum absolute atomic E-state index is 15.1. The summed E-state index contributed by atoms with van der Waals surface area (Å²) < 4.78 is 51.9. The first-order valence-electron chi connectivity index (χ1n) is 14.3. The molecule has 2 N–H and O–H groups in total. The molecule has 1 aliphatic carbocycles. The molecule has 43 heavy (non-hydrogen) atoms. The molecule has 4 fully saturated rings. The number of ether oxygens (including phenoxy) is 4. The molecule has 4 aliphatic rings. The molecule has 2 unspecified atom stereocenters. The van der Waals surface area contributed by atoms with Gasteiger partial charge in [-0.2, -0.15) is 0 Å². The van der Waals surface area contributed by atoms with Gasteiger partial charge in [0.25, 0.3) is 5.91 Å². The lowest BCUT2D eigenvalue weighted by molar-refractivity contribution is -0.116. The Balaban J connectivity index is 1.12. The predicted molar refractivity (Wildman–Crippen MR) is 155 cm³/mol. The lowest BCUT2D eigenvalue weighted by Crippen LogP contribution is -2.36. The molecule has 4 heterocycles. The number of carbonyl (C=O) groups excluding carboxylic acids is 1. The quantitative estimate of drug-likeness (QED) is 0.341. The van der Waals surface area contributed by atoms with Gasteiger partial charge in [-0.05, 0) is 42.2 Å². The van der Waals surface area contributed by atoms with Gasteiger partial charge < -0.3 is 29.6 Å². The molecule has 4 atom stereocenters. The van der Waals surface area contributed by atoms with Crippen LogP contribution in [0.3, 0.4) is 0 Å². The molecular weight excluding hydrogens is 584 g/mol. The molecule has 1 amide bonds. The Morgan fingerprint density at radius 3 is 2.63 bits per heavy atom. The zero-order valence-electron chi connectivity index (χ0n) is 23.1. The van der Waals surface area contributed by atoms with Crippen molar-refractivity contribution in [3.8, 4) is 5.75 Å². The number of carbonyl (C=O) groups is 1. The number of anilines is 3. The largest absolute Gasteiger partial charge is 0.491 e. The summed E-state index contributed by atoms with van der Waals surface area (Å²) in [6.07, 6.45) is 2.57. The summed E-state index contributed by atoms with van der Waals surface area (Å²) in [6, 6.07) is 7.54. The van der Waals surface area contributed by atoms with Crippen molar-refractivity contribution < 1.29 is 32.5 Å². The topological polar surface area (TPSA) is 107 Å². The van der Waals surface area contributed by atoms with E-state index in [9.17, 15) is 9.18 Å². The number of hydrogen-bond donors (Lipinski definition) is 2. The van der Waals surface area contributed by atoms with Crippen LogP contribution in [0.4, 0.5) is 26.0 Å². The van der Waals surface area contributed by atoms with Crippen LogP contribution in [0.15, 0.2) is 48.6 Å². The number of likely N-dealkylation sites (tertiary alicyclic amines) is 1. The van der Waals surface area contributed by atoms with Crippen molar-refractivity contribution in [1.29, 1.82) is 0 Å². The van der Waals surface area contributed by atoms with E-state index in [0.29, 0.717) is 78.8 Å². The number of nitrogens with one attached hydrogen (secondary N) is 2. The molecule has 1 aromatic heterocycles. The normalized spacial score (nSPS) is 26.7. The van der Waals surface area contributed by atoms with E-state index in [2.05, 4.69) is 20.6 Å². The number of amides is 1. The number of nitrogens with zero attached hydrogens (tertiary/aromatic N) is 3. The highest BCUT2D eigenvalue weighted by Crippen LogP contribution is 2.51. The molecule has 7 rings (SSSR count). The fourth-order valence-electron chi connectivity index (χ4n) is 6.07. The molecule has 3 aromatic rings. The molecule has 0 radical (unpaired) electrons. The van der Waals surface area contributed by atoms with Crippen LogP contribution in [-0.4, -0.2) is 85.7 Å². The lowest BCUT2D eigenvalue weighted by atomic mass is 10.1. The third-order valence-electron chi connectivity index (χ3n) is 8.51. The van der Waals surface area contributed by atoms with Crippen LogP contribution in [0, 0.1) is 23.6 Å². The summed E-state index contributed by atoms with van der Waals surface area (Å²) in [5.41, 5.74) is 1.31. The fraction of sp³-hybridized carbons (Fsp3) is 0.433. The molecule has 2 aromatic carbocycles. The van der Waals surface area contributed by atoms with E-state index in [1.54, 1.807) is 12.1 Å². The molecule has 0 spiro atoms. The van der Waals surface area contributed by atoms with Gasteiger partial charge in [0, 0.05) is 42.7 Å². The van der Waals surface area contributed by atoms with Crippen molar-refractivity contribution in [1.82, 2.24) is 14.9 Å². The average Bonchev–Trinajstić information content (AvgIpc) is 3.31. The van der Waals surface area contributed by atoms with E-state index in [0.717, 1.165) is 13.2 Å². The van der Waals surface area contributed by atoms with Crippen molar-refractivity contribution in [2.75, 3.05) is 63.3 Å². The van der Waals surface area contributed by atoms with Gasteiger partial charge in [0.1, 0.15) is 23.7 Å². The van der Waals surface area contributed by atoms with Gasteiger partial charge >= 0.3 is 0 Å². The van der Waals surface area contributed by atoms with Gasteiger partial charge in [-0.1, -0.05) is 11.6 Å². The molecule has 3 aliphatic heterocycles. The Kier molecular flexibility index (Phi) is 7.87. The number of aromatic nitrogens is 2. The minimum atomic E-state index is -0.916. The highest BCUT2D eigenvalue weighted by Gasteiger charge is 2.54. The van der Waals surface area contributed by atoms with Gasteiger partial charge in [0.2, 0.25) is 0 Å². The second-order valence-corrected chi connectivity index (χ2v) is 11.6. The highest BCUT2D eigenvalue weighted by atomic mass is 35.5. The first-order chi connectivity index (χ1) is 20.9. The zero-order valence-corrected chi connectivity index (χ0v) is 23.9. The average molecular weight is 614 g/mol. The Morgan fingerprint density at radius 2 is 1.88 bits per heavy atom. The van der Waals surface area contributed by atoms with Crippen LogP contribution >= 0.6 is 11.6 Å². The van der Waals surface area contributed by atoms with Gasteiger partial charge in [-0.25, -0.2) is 18.7 Å². The molecule has 1 saturated carbocycles. The number of rotatable bonds is 9. The lowest BCUT2D eigenvalue weighted by Gasteiger charge is -2.24. The summed E-state index contributed by atoms with van der Waals surface area (Å²) in [6.45, 7) is 4.46.